The molecule has 0 spiro atoms. The summed E-state index contributed by atoms with van der Waals surface area (Å²) >= 11 is 3.12. The van der Waals surface area contributed by atoms with E-state index in [-0.39, 0.29) is 0 Å². The van der Waals surface area contributed by atoms with Crippen LogP contribution in [0.25, 0.3) is 0 Å². The molecular formula is C12H14Se4. The molecule has 0 aliphatic rings. The normalized spacial score (nSPS) is 10.9. The van der Waals surface area contributed by atoms with Gasteiger partial charge in [0.1, 0.15) is 0 Å². The van der Waals surface area contributed by atoms with Crippen LogP contribution in [0.2, 0.25) is 0 Å². The molecule has 2 aromatic heterocycles. The zero-order chi connectivity index (χ0) is 11.4. The van der Waals surface area contributed by atoms with Crippen LogP contribution in [0.5, 0.6) is 0 Å². The molecule has 2 aromatic rings. The van der Waals surface area contributed by atoms with Gasteiger partial charge in [-0.15, -0.1) is 0 Å². The monoisotopic (exact) mass is 478 g/mol. The van der Waals surface area contributed by atoms with Gasteiger partial charge < -0.3 is 0 Å². The van der Waals surface area contributed by atoms with E-state index in [1.54, 1.807) is 20.0 Å². The molecule has 0 saturated carbocycles. The first-order chi connectivity index (χ1) is 7.74. The molecule has 0 amide bonds. The van der Waals surface area contributed by atoms with Gasteiger partial charge in [0.25, 0.3) is 0 Å². The second-order valence-electron chi connectivity index (χ2n) is 3.66. The molecule has 0 radical (unpaired) electrons. The van der Waals surface area contributed by atoms with Crippen LogP contribution in [0.3, 0.4) is 0 Å². The standard InChI is InChI=1S/C12H14Se4/c1-9-3-11(5-13-9)7-15-16-8-12-4-10(2)14-6-12/h3-6H,7-8H2,1-2H3. The molecule has 2 heterocycles. The molecule has 0 nitrogen and oxygen atoms in total. The summed E-state index contributed by atoms with van der Waals surface area (Å²) in [6.07, 6.45) is 0. The third kappa shape index (κ3) is 4.37. The number of hydrogen-bond donors (Lipinski definition) is 0. The summed E-state index contributed by atoms with van der Waals surface area (Å²) in [7, 11) is 0. The van der Waals surface area contributed by atoms with Crippen LogP contribution in [0.1, 0.15) is 20.0 Å². The average Bonchev–Trinajstić information content (AvgIpc) is 2.83. The van der Waals surface area contributed by atoms with Crippen LogP contribution in [0.4, 0.5) is 0 Å². The van der Waals surface area contributed by atoms with Crippen molar-refractivity contribution in [2.45, 2.75) is 24.5 Å². The van der Waals surface area contributed by atoms with Gasteiger partial charge in [0, 0.05) is 0 Å². The van der Waals surface area contributed by atoms with E-state index in [4.69, 9.17) is 0 Å². The Hall–Kier alpha value is 1.04. The van der Waals surface area contributed by atoms with Crippen LogP contribution in [-0.4, -0.2) is 55.3 Å². The van der Waals surface area contributed by atoms with Gasteiger partial charge in [0.15, 0.2) is 0 Å². The Labute approximate surface area is 121 Å². The van der Waals surface area contributed by atoms with Crippen molar-refractivity contribution in [1.82, 2.24) is 0 Å². The summed E-state index contributed by atoms with van der Waals surface area (Å²) in [4.78, 5) is 4.95. The Morgan fingerprint density at radius 3 is 1.62 bits per heavy atom. The zero-order valence-electron chi connectivity index (χ0n) is 9.36. The van der Waals surface area contributed by atoms with Gasteiger partial charge in [0.05, 0.1) is 0 Å². The molecular weight excluding hydrogens is 460 g/mol. The first-order valence-electron chi connectivity index (χ1n) is 5.06. The van der Waals surface area contributed by atoms with E-state index in [0.29, 0.717) is 29.0 Å². The fraction of sp³-hybridized carbons (Fsp3) is 0.333. The molecule has 0 atom stereocenters. The summed E-state index contributed by atoms with van der Waals surface area (Å²) < 4.78 is 3.20. The van der Waals surface area contributed by atoms with Gasteiger partial charge >= 0.3 is 122 Å². The van der Waals surface area contributed by atoms with Crippen molar-refractivity contribution in [2.75, 3.05) is 0 Å². The van der Waals surface area contributed by atoms with Crippen LogP contribution in [0.15, 0.2) is 22.0 Å². The summed E-state index contributed by atoms with van der Waals surface area (Å²) in [5.41, 5.74) is 3.27. The van der Waals surface area contributed by atoms with Gasteiger partial charge in [0.2, 0.25) is 0 Å². The summed E-state index contributed by atoms with van der Waals surface area (Å²) in [6.45, 7) is 4.53. The molecule has 16 heavy (non-hydrogen) atoms. The molecule has 86 valence electrons. The predicted octanol–water partition coefficient (Wildman–Crippen LogP) is 1.44. The third-order valence-electron chi connectivity index (χ3n) is 2.10. The Morgan fingerprint density at radius 2 is 1.31 bits per heavy atom. The van der Waals surface area contributed by atoms with Crippen LogP contribution in [0, 0.1) is 13.8 Å². The Balaban J connectivity index is 1.69. The van der Waals surface area contributed by atoms with Gasteiger partial charge in [-0.25, -0.2) is 0 Å². The first kappa shape index (κ1) is 13.5. The summed E-state index contributed by atoms with van der Waals surface area (Å²) in [6, 6.07) is 4.83. The molecule has 0 N–H and O–H groups in total. The van der Waals surface area contributed by atoms with Crippen LogP contribution in [-0.2, 0) is 10.6 Å². The fourth-order valence-corrected chi connectivity index (χ4v) is 11.8. The van der Waals surface area contributed by atoms with Crippen molar-refractivity contribution < 1.29 is 0 Å². The minimum absolute atomic E-state index is 0.689. The Morgan fingerprint density at radius 1 is 0.875 bits per heavy atom. The topological polar surface area (TPSA) is 0 Å². The van der Waals surface area contributed by atoms with E-state index in [1.165, 1.54) is 10.6 Å². The minimum atomic E-state index is 0.689. The quantitative estimate of drug-likeness (QED) is 0.455. The van der Waals surface area contributed by atoms with Gasteiger partial charge in [-0.05, 0) is 0 Å². The second kappa shape index (κ2) is 6.83. The average molecular weight is 474 g/mol. The number of rotatable bonds is 5. The van der Waals surface area contributed by atoms with Crippen molar-refractivity contribution in [2.24, 2.45) is 0 Å². The summed E-state index contributed by atoms with van der Waals surface area (Å²) in [5, 5.41) is 2.76. The first-order valence-corrected chi connectivity index (χ1v) is 15.5. The molecule has 0 saturated heterocycles. The van der Waals surface area contributed by atoms with E-state index < -0.39 is 0 Å². The van der Waals surface area contributed by atoms with Gasteiger partial charge in [-0.3, -0.25) is 0 Å². The number of hydrogen-bond acceptors (Lipinski definition) is 0. The molecule has 0 aliphatic heterocycles. The Bertz CT molecular complexity index is 399. The van der Waals surface area contributed by atoms with Crippen molar-refractivity contribution in [3.05, 3.63) is 42.0 Å². The Kier molecular flexibility index (Phi) is 5.75. The summed E-state index contributed by atoms with van der Waals surface area (Å²) in [5.74, 6) is 0. The van der Waals surface area contributed by atoms with Crippen molar-refractivity contribution in [3.8, 4) is 0 Å². The third-order valence-corrected chi connectivity index (χ3v) is 12.6. The second-order valence-corrected chi connectivity index (χ2v) is 15.7. The van der Waals surface area contributed by atoms with E-state index in [9.17, 15) is 0 Å². The zero-order valence-corrected chi connectivity index (χ0v) is 16.2. The molecule has 4 heteroatoms. The molecule has 0 fully saturated rings. The number of aryl methyl sites for hydroxylation is 2. The SMILES string of the molecule is Cc1cc(C[Se][Se]Cc2c[se]c(C)c2)c[se]1. The molecule has 2 rings (SSSR count). The maximum atomic E-state index is 2.47. The molecule has 0 aromatic carbocycles. The molecule has 0 bridgehead atoms. The van der Waals surface area contributed by atoms with Crippen molar-refractivity contribution >= 4 is 55.3 Å². The van der Waals surface area contributed by atoms with Gasteiger partial charge in [-0.1, -0.05) is 0 Å². The molecule has 0 aliphatic carbocycles. The van der Waals surface area contributed by atoms with E-state index in [1.807, 2.05) is 0 Å². The van der Waals surface area contributed by atoms with E-state index in [2.05, 4.69) is 35.9 Å². The maximum absolute atomic E-state index is 2.47. The molecule has 0 unspecified atom stereocenters. The predicted molar refractivity (Wildman–Crippen MR) is 75.2 cm³/mol. The van der Waals surface area contributed by atoms with E-state index >= 15 is 0 Å². The van der Waals surface area contributed by atoms with Crippen LogP contribution >= 0.6 is 0 Å². The van der Waals surface area contributed by atoms with Crippen molar-refractivity contribution in [3.63, 3.8) is 0 Å². The van der Waals surface area contributed by atoms with Crippen LogP contribution < -0.4 is 0 Å². The fourth-order valence-electron chi connectivity index (χ4n) is 1.37. The van der Waals surface area contributed by atoms with Crippen molar-refractivity contribution in [1.29, 1.82) is 0 Å². The van der Waals surface area contributed by atoms with Gasteiger partial charge in [-0.2, -0.15) is 0 Å². The van der Waals surface area contributed by atoms with E-state index in [0.717, 1.165) is 26.3 Å².